The number of rotatable bonds is 12. The van der Waals surface area contributed by atoms with E-state index in [1.54, 1.807) is 30.9 Å². The lowest BCUT2D eigenvalue weighted by molar-refractivity contribution is -0.384. The van der Waals surface area contributed by atoms with Gasteiger partial charge in [-0.05, 0) is 110 Å². The summed E-state index contributed by atoms with van der Waals surface area (Å²) in [6.07, 6.45) is 3.43. The molecule has 3 aliphatic rings. The third kappa shape index (κ3) is 9.46. The third-order valence-corrected chi connectivity index (χ3v) is 13.1. The van der Waals surface area contributed by atoms with Crippen LogP contribution >= 0.6 is 11.6 Å². The van der Waals surface area contributed by atoms with Crippen LogP contribution < -0.4 is 15.5 Å². The van der Waals surface area contributed by atoms with Gasteiger partial charge in [0.25, 0.3) is 11.4 Å². The van der Waals surface area contributed by atoms with Gasteiger partial charge in [-0.25, -0.2) is 13.6 Å². The molecule has 63 heavy (non-hydrogen) atoms. The van der Waals surface area contributed by atoms with Crippen molar-refractivity contribution in [3.8, 4) is 0 Å². The number of carbonyl (C=O) groups is 3. The number of nitrogens with zero attached hydrogens (tertiary/aromatic N) is 4. The number of anilines is 2. The number of carbonyl (C=O) groups excluding carboxylic acids is 3. The van der Waals surface area contributed by atoms with Crippen molar-refractivity contribution in [2.24, 2.45) is 5.92 Å². The predicted octanol–water partition coefficient (Wildman–Crippen LogP) is 10.3. The summed E-state index contributed by atoms with van der Waals surface area (Å²) < 4.78 is 37.5. The van der Waals surface area contributed by atoms with Gasteiger partial charge in [0.2, 0.25) is 11.8 Å². The fraction of sp³-hybridized carbons (Fsp3) is 0.413. The van der Waals surface area contributed by atoms with E-state index in [1.165, 1.54) is 54.0 Å². The number of hydrogen-bond acceptors (Lipinski definition) is 9. The molecule has 1 saturated carbocycles. The van der Waals surface area contributed by atoms with Gasteiger partial charge in [-0.15, -0.1) is 0 Å². The fourth-order valence-electron chi connectivity index (χ4n) is 9.66. The lowest BCUT2D eigenvalue weighted by atomic mass is 9.76. The van der Waals surface area contributed by atoms with E-state index in [0.717, 1.165) is 12.8 Å². The molecule has 332 valence electrons. The Balaban J connectivity index is 1.19. The molecule has 0 spiro atoms. The van der Waals surface area contributed by atoms with Crippen LogP contribution in [0.25, 0.3) is 0 Å². The maximum Gasteiger partial charge on any atom is 0.407 e. The van der Waals surface area contributed by atoms with Crippen molar-refractivity contribution in [2.45, 2.75) is 101 Å². The number of ether oxygens (including phenoxy) is 1. The number of nitro groups is 2. The molecule has 14 nitrogen and oxygen atoms in total. The van der Waals surface area contributed by atoms with Gasteiger partial charge in [-0.3, -0.25) is 29.8 Å². The fourth-order valence-corrected chi connectivity index (χ4v) is 9.85. The van der Waals surface area contributed by atoms with Gasteiger partial charge in [0.1, 0.15) is 34.4 Å². The number of hydrogen-bond donors (Lipinski definition) is 2. The van der Waals surface area contributed by atoms with Crippen LogP contribution in [-0.2, 0) is 14.3 Å². The Bertz CT molecular complexity index is 2370. The second-order valence-corrected chi connectivity index (χ2v) is 17.2. The molecule has 1 aliphatic carbocycles. The van der Waals surface area contributed by atoms with Crippen LogP contribution in [-0.4, -0.2) is 58.4 Å². The van der Waals surface area contributed by atoms with Gasteiger partial charge >= 0.3 is 6.09 Å². The molecule has 3 amide bonds. The molecule has 0 aromatic heterocycles. The van der Waals surface area contributed by atoms with Crippen molar-refractivity contribution >= 4 is 52.3 Å². The van der Waals surface area contributed by atoms with E-state index < -0.39 is 69.2 Å². The molecule has 4 aromatic rings. The molecule has 4 aromatic carbocycles. The van der Waals surface area contributed by atoms with Gasteiger partial charge in [-0.2, -0.15) is 0 Å². The maximum atomic E-state index is 16.4. The van der Waals surface area contributed by atoms with E-state index in [0.29, 0.717) is 49.1 Å². The summed E-state index contributed by atoms with van der Waals surface area (Å²) >= 11 is 6.18. The normalized spacial score (nSPS) is 21.5. The summed E-state index contributed by atoms with van der Waals surface area (Å²) in [6, 6.07) is 18.0. The predicted molar refractivity (Wildman–Crippen MR) is 233 cm³/mol. The highest BCUT2D eigenvalue weighted by Gasteiger charge is 2.41. The van der Waals surface area contributed by atoms with Crippen LogP contribution in [0.1, 0.15) is 111 Å². The average Bonchev–Trinajstić information content (AvgIpc) is 3.95. The Kier molecular flexibility index (Phi) is 13.6. The Morgan fingerprint density at radius 3 is 1.95 bits per heavy atom. The molecule has 0 radical (unpaired) electrons. The van der Waals surface area contributed by atoms with Crippen LogP contribution in [0.4, 0.5) is 36.3 Å². The van der Waals surface area contributed by atoms with Crippen molar-refractivity contribution in [1.29, 1.82) is 0 Å². The maximum absolute atomic E-state index is 16.4. The number of nitrogens with one attached hydrogen (secondary N) is 2. The highest BCUT2D eigenvalue weighted by atomic mass is 35.5. The second-order valence-electron chi connectivity index (χ2n) is 16.8. The third-order valence-electron chi connectivity index (χ3n) is 12.8. The number of alkyl carbamates (subject to hydrolysis) is 1. The van der Waals surface area contributed by atoms with E-state index in [4.69, 9.17) is 11.6 Å². The SMILES string of the molecule is COC(=O)N[C@H](C(=O)N1CCC[C@H]1C(=O)Nc1ccc([C@H]2CC[C@H](c3ccc(Cl)c([N+](=O)[O-])c3)N2c2cc(F)c(C3CCC(c4ccccc4)CC3)c(F)c2)cc1[N+](=O)[O-])C(C)C. The van der Waals surface area contributed by atoms with Crippen LogP contribution in [0, 0.1) is 37.8 Å². The first-order valence-electron chi connectivity index (χ1n) is 21.2. The summed E-state index contributed by atoms with van der Waals surface area (Å²) in [5.74, 6) is -2.95. The zero-order valence-electron chi connectivity index (χ0n) is 35.1. The number of benzene rings is 4. The zero-order valence-corrected chi connectivity index (χ0v) is 35.9. The van der Waals surface area contributed by atoms with E-state index >= 15 is 8.78 Å². The Morgan fingerprint density at radius 2 is 1.37 bits per heavy atom. The molecule has 2 heterocycles. The summed E-state index contributed by atoms with van der Waals surface area (Å²) in [5.41, 5.74) is 1.33. The molecule has 2 aliphatic heterocycles. The van der Waals surface area contributed by atoms with Crippen LogP contribution in [0.3, 0.4) is 0 Å². The minimum absolute atomic E-state index is 0.0115. The molecule has 3 fully saturated rings. The first-order chi connectivity index (χ1) is 30.2. The minimum atomic E-state index is -0.977. The van der Waals surface area contributed by atoms with Gasteiger partial charge in [-0.1, -0.05) is 67.9 Å². The van der Waals surface area contributed by atoms with Gasteiger partial charge in [0.15, 0.2) is 0 Å². The highest BCUT2D eigenvalue weighted by Crippen LogP contribution is 2.50. The number of halogens is 3. The highest BCUT2D eigenvalue weighted by molar-refractivity contribution is 6.32. The molecule has 4 atom stereocenters. The topological polar surface area (TPSA) is 177 Å². The van der Waals surface area contributed by atoms with Crippen molar-refractivity contribution in [3.63, 3.8) is 0 Å². The Morgan fingerprint density at radius 1 is 0.778 bits per heavy atom. The molecular weight excluding hydrogens is 838 g/mol. The van der Waals surface area contributed by atoms with Crippen molar-refractivity contribution < 1.29 is 37.7 Å². The van der Waals surface area contributed by atoms with Crippen molar-refractivity contribution in [2.75, 3.05) is 23.9 Å². The van der Waals surface area contributed by atoms with Crippen molar-refractivity contribution in [1.82, 2.24) is 10.2 Å². The second kappa shape index (κ2) is 19.1. The summed E-state index contributed by atoms with van der Waals surface area (Å²) in [7, 11) is 1.17. The van der Waals surface area contributed by atoms with Crippen LogP contribution in [0.5, 0.6) is 0 Å². The quantitative estimate of drug-likeness (QED) is 0.103. The lowest BCUT2D eigenvalue weighted by Crippen LogP contribution is -2.54. The zero-order chi connectivity index (χ0) is 45.1. The molecule has 2 saturated heterocycles. The molecule has 17 heteroatoms. The van der Waals surface area contributed by atoms with E-state index in [1.807, 2.05) is 18.2 Å². The molecule has 0 bridgehead atoms. The molecule has 2 N–H and O–H groups in total. The summed E-state index contributed by atoms with van der Waals surface area (Å²) in [5, 5.41) is 29.7. The molecule has 0 unspecified atom stereocenters. The molecular formula is C46H49ClF2N6O8. The lowest BCUT2D eigenvalue weighted by Gasteiger charge is -2.34. The number of nitro benzene ring substituents is 2. The van der Waals surface area contributed by atoms with Crippen molar-refractivity contribution in [3.05, 3.63) is 138 Å². The monoisotopic (exact) mass is 886 g/mol. The number of methoxy groups -OCH3 is 1. The minimum Gasteiger partial charge on any atom is -0.453 e. The smallest absolute Gasteiger partial charge is 0.407 e. The summed E-state index contributed by atoms with van der Waals surface area (Å²) in [6.45, 7) is 3.71. The number of likely N-dealkylation sites (tertiary alicyclic amines) is 1. The number of amides is 3. The average molecular weight is 887 g/mol. The van der Waals surface area contributed by atoms with E-state index in [-0.39, 0.29) is 52.4 Å². The van der Waals surface area contributed by atoms with Gasteiger partial charge in [0, 0.05) is 29.9 Å². The van der Waals surface area contributed by atoms with Gasteiger partial charge < -0.3 is 25.2 Å². The Hall–Kier alpha value is -6.16. The Labute approximate surface area is 368 Å². The first-order valence-corrected chi connectivity index (χ1v) is 21.5. The van der Waals surface area contributed by atoms with E-state index in [2.05, 4.69) is 27.5 Å². The first kappa shape index (κ1) is 44.9. The van der Waals surface area contributed by atoms with Gasteiger partial charge in [0.05, 0.1) is 29.0 Å². The van der Waals surface area contributed by atoms with Crippen LogP contribution in [0.15, 0.2) is 78.9 Å². The molecule has 7 rings (SSSR count). The van der Waals surface area contributed by atoms with Crippen LogP contribution in [0.2, 0.25) is 5.02 Å². The van der Waals surface area contributed by atoms with E-state index in [9.17, 15) is 34.6 Å². The standard InChI is InChI=1S/C46H49ClF2N6O8/c1-26(2)43(51-46(58)63-3)45(57)52-21-7-10-39(52)44(56)50-36-18-16-31(23-41(36)55(61)62)38-20-19-37(30-15-17-33(47)40(22-30)54(59)60)53(38)32-24-34(48)42(35(49)25-32)29-13-11-28(12-14-29)27-8-5-4-6-9-27/h4-6,8-9,15-18,22-26,28-29,37-39,43H,7,10-14,19-21H2,1-3H3,(H,50,56)(H,51,58)/t28?,29?,37-,38-,39+,43+/m1/s1. The summed E-state index contributed by atoms with van der Waals surface area (Å²) in [4.78, 5) is 65.8. The largest absolute Gasteiger partial charge is 0.453 e.